The van der Waals surface area contributed by atoms with Crippen molar-refractivity contribution in [1.29, 1.82) is 0 Å². The van der Waals surface area contributed by atoms with E-state index in [0.717, 1.165) is 29.7 Å². The quantitative estimate of drug-likeness (QED) is 0.502. The fourth-order valence-electron chi connectivity index (χ4n) is 2.51. The smallest absolute Gasteiger partial charge is 0.328 e. The van der Waals surface area contributed by atoms with Crippen LogP contribution in [0.1, 0.15) is 58.3 Å². The summed E-state index contributed by atoms with van der Waals surface area (Å²) in [6.45, 7) is 8.50. The largest absolute Gasteiger partial charge is 0.464 e. The molecular formula is C17H25N3O2. The molecule has 0 saturated carbocycles. The third-order valence-electron chi connectivity index (χ3n) is 3.77. The van der Waals surface area contributed by atoms with Crippen LogP contribution in [0.2, 0.25) is 0 Å². The number of rotatable bonds is 6. The predicted octanol–water partition coefficient (Wildman–Crippen LogP) is 3.65. The first-order valence-electron chi connectivity index (χ1n) is 7.90. The van der Waals surface area contributed by atoms with Gasteiger partial charge in [0.1, 0.15) is 17.4 Å². The van der Waals surface area contributed by atoms with E-state index in [-0.39, 0.29) is 11.9 Å². The maximum Gasteiger partial charge on any atom is 0.328 e. The Hall–Kier alpha value is -2.04. The molecule has 0 aliphatic rings. The fourth-order valence-corrected chi connectivity index (χ4v) is 2.51. The van der Waals surface area contributed by atoms with Gasteiger partial charge >= 0.3 is 5.97 Å². The Morgan fingerprint density at radius 1 is 1.36 bits per heavy atom. The molecule has 2 N–H and O–H groups in total. The third-order valence-corrected chi connectivity index (χ3v) is 3.77. The number of hydrogen-bond donors (Lipinski definition) is 1. The molecule has 1 aromatic heterocycles. The lowest BCUT2D eigenvalue weighted by molar-refractivity contribution is -0.147. The maximum atomic E-state index is 12.3. The van der Waals surface area contributed by atoms with Crippen molar-refractivity contribution in [2.45, 2.75) is 52.5 Å². The third kappa shape index (κ3) is 3.08. The number of anilines is 1. The summed E-state index contributed by atoms with van der Waals surface area (Å²) >= 11 is 0. The summed E-state index contributed by atoms with van der Waals surface area (Å²) in [5, 5.41) is 0. The number of aromatic nitrogens is 2. The van der Waals surface area contributed by atoms with E-state index in [1.54, 1.807) is 0 Å². The summed E-state index contributed by atoms with van der Waals surface area (Å²) in [5.74, 6) is 0.822. The van der Waals surface area contributed by atoms with Gasteiger partial charge in [-0.1, -0.05) is 33.3 Å². The molecule has 0 aliphatic carbocycles. The topological polar surface area (TPSA) is 70.1 Å². The van der Waals surface area contributed by atoms with E-state index < -0.39 is 6.04 Å². The molecule has 22 heavy (non-hydrogen) atoms. The van der Waals surface area contributed by atoms with Crippen molar-refractivity contribution >= 4 is 22.7 Å². The monoisotopic (exact) mass is 303 g/mol. The second-order valence-corrected chi connectivity index (χ2v) is 5.91. The standard InChI is InChI=1S/C17H25N3O2/c1-5-6-10-22-17(21)12(4)20-14-9-7-8-13(18)15(14)19-16(20)11(2)3/h7-9,11-12H,5-6,10,18H2,1-4H3. The molecule has 0 radical (unpaired) electrons. The van der Waals surface area contributed by atoms with Crippen molar-refractivity contribution in [3.05, 3.63) is 24.0 Å². The number of ether oxygens (including phenoxy) is 1. The first-order chi connectivity index (χ1) is 10.5. The van der Waals surface area contributed by atoms with Crippen LogP contribution >= 0.6 is 0 Å². The Morgan fingerprint density at radius 2 is 2.09 bits per heavy atom. The maximum absolute atomic E-state index is 12.3. The minimum atomic E-state index is -0.416. The molecule has 2 aromatic rings. The number of nitrogens with two attached hydrogens (primary N) is 1. The molecule has 0 fully saturated rings. The first kappa shape index (κ1) is 16.3. The van der Waals surface area contributed by atoms with E-state index in [1.165, 1.54) is 0 Å². The lowest BCUT2D eigenvalue weighted by Crippen LogP contribution is -2.22. The van der Waals surface area contributed by atoms with Crippen LogP contribution in [0.4, 0.5) is 5.69 Å². The van der Waals surface area contributed by atoms with Gasteiger partial charge in [-0.3, -0.25) is 0 Å². The number of imidazole rings is 1. The minimum absolute atomic E-state index is 0.192. The average molecular weight is 303 g/mol. The van der Waals surface area contributed by atoms with Crippen LogP contribution in [0.5, 0.6) is 0 Å². The van der Waals surface area contributed by atoms with E-state index in [0.29, 0.717) is 12.3 Å². The number of benzene rings is 1. The van der Waals surface area contributed by atoms with Gasteiger partial charge in [0.25, 0.3) is 0 Å². The molecule has 0 saturated heterocycles. The normalized spacial score (nSPS) is 12.8. The number of esters is 1. The van der Waals surface area contributed by atoms with Crippen LogP contribution in [0.15, 0.2) is 18.2 Å². The summed E-state index contributed by atoms with van der Waals surface area (Å²) in [7, 11) is 0. The highest BCUT2D eigenvalue weighted by Crippen LogP contribution is 2.29. The molecule has 5 heteroatoms. The van der Waals surface area contributed by atoms with Crippen LogP contribution < -0.4 is 5.73 Å². The van der Waals surface area contributed by atoms with Crippen LogP contribution in [0.3, 0.4) is 0 Å². The van der Waals surface area contributed by atoms with E-state index in [4.69, 9.17) is 10.5 Å². The summed E-state index contributed by atoms with van der Waals surface area (Å²) in [5.41, 5.74) is 8.28. The average Bonchev–Trinajstić information content (AvgIpc) is 2.87. The molecule has 1 aromatic carbocycles. The molecule has 0 amide bonds. The van der Waals surface area contributed by atoms with Crippen LogP contribution in [-0.4, -0.2) is 22.1 Å². The molecule has 1 atom stereocenters. The Balaban J connectivity index is 2.42. The Morgan fingerprint density at radius 3 is 2.73 bits per heavy atom. The van der Waals surface area contributed by atoms with Crippen molar-refractivity contribution in [3.63, 3.8) is 0 Å². The molecule has 2 rings (SSSR count). The first-order valence-corrected chi connectivity index (χ1v) is 7.90. The summed E-state index contributed by atoms with van der Waals surface area (Å²) < 4.78 is 7.31. The Labute approximate surface area is 131 Å². The molecule has 0 spiro atoms. The highest BCUT2D eigenvalue weighted by molar-refractivity contribution is 5.89. The van der Waals surface area contributed by atoms with Crippen molar-refractivity contribution in [3.8, 4) is 0 Å². The highest BCUT2D eigenvalue weighted by Gasteiger charge is 2.24. The number of unbranched alkanes of at least 4 members (excludes halogenated alkanes) is 1. The number of para-hydroxylation sites is 1. The van der Waals surface area contributed by atoms with Gasteiger partial charge in [0.05, 0.1) is 17.8 Å². The van der Waals surface area contributed by atoms with Crippen LogP contribution in [0, 0.1) is 0 Å². The van der Waals surface area contributed by atoms with Gasteiger partial charge in [0.2, 0.25) is 0 Å². The van der Waals surface area contributed by atoms with Gasteiger partial charge in [-0.15, -0.1) is 0 Å². The number of carbonyl (C=O) groups excluding carboxylic acids is 1. The second-order valence-electron chi connectivity index (χ2n) is 5.91. The second kappa shape index (κ2) is 6.81. The molecule has 5 nitrogen and oxygen atoms in total. The molecule has 120 valence electrons. The van der Waals surface area contributed by atoms with Crippen LogP contribution in [-0.2, 0) is 9.53 Å². The number of hydrogen-bond acceptors (Lipinski definition) is 4. The zero-order chi connectivity index (χ0) is 16.3. The zero-order valence-corrected chi connectivity index (χ0v) is 13.8. The summed E-state index contributed by atoms with van der Waals surface area (Å²) in [6.07, 6.45) is 1.89. The fraction of sp³-hybridized carbons (Fsp3) is 0.529. The number of carbonyl (C=O) groups is 1. The van der Waals surface area contributed by atoms with Gasteiger partial charge in [0, 0.05) is 5.92 Å². The molecule has 1 heterocycles. The molecule has 0 aliphatic heterocycles. The van der Waals surface area contributed by atoms with Gasteiger partial charge < -0.3 is 15.0 Å². The SMILES string of the molecule is CCCCOC(=O)C(C)n1c(C(C)C)nc2c(N)cccc21. The van der Waals surface area contributed by atoms with Gasteiger partial charge in [-0.2, -0.15) is 0 Å². The van der Waals surface area contributed by atoms with Crippen molar-refractivity contribution in [1.82, 2.24) is 9.55 Å². The number of nitrogens with zero attached hydrogens (tertiary/aromatic N) is 2. The summed E-state index contributed by atoms with van der Waals surface area (Å²) in [4.78, 5) is 17.0. The van der Waals surface area contributed by atoms with Gasteiger partial charge in [0.15, 0.2) is 0 Å². The van der Waals surface area contributed by atoms with E-state index in [2.05, 4.69) is 25.8 Å². The zero-order valence-electron chi connectivity index (χ0n) is 13.8. The van der Waals surface area contributed by atoms with Gasteiger partial charge in [-0.25, -0.2) is 9.78 Å². The molecular weight excluding hydrogens is 278 g/mol. The minimum Gasteiger partial charge on any atom is -0.464 e. The summed E-state index contributed by atoms with van der Waals surface area (Å²) in [6, 6.07) is 5.24. The van der Waals surface area contributed by atoms with E-state index in [1.807, 2.05) is 29.7 Å². The van der Waals surface area contributed by atoms with Crippen molar-refractivity contribution < 1.29 is 9.53 Å². The van der Waals surface area contributed by atoms with E-state index in [9.17, 15) is 4.79 Å². The lowest BCUT2D eigenvalue weighted by atomic mass is 10.2. The Bertz CT molecular complexity index is 661. The number of nitrogen functional groups attached to an aromatic ring is 1. The predicted molar refractivity (Wildman–Crippen MR) is 88.8 cm³/mol. The highest BCUT2D eigenvalue weighted by atomic mass is 16.5. The number of fused-ring (bicyclic) bond motifs is 1. The molecule has 0 bridgehead atoms. The molecule has 1 unspecified atom stereocenters. The lowest BCUT2D eigenvalue weighted by Gasteiger charge is -2.18. The van der Waals surface area contributed by atoms with Crippen molar-refractivity contribution in [2.75, 3.05) is 12.3 Å². The van der Waals surface area contributed by atoms with E-state index >= 15 is 0 Å². The van der Waals surface area contributed by atoms with Crippen LogP contribution in [0.25, 0.3) is 11.0 Å². The Kier molecular flexibility index (Phi) is 5.06. The van der Waals surface area contributed by atoms with Gasteiger partial charge in [-0.05, 0) is 25.5 Å². The van der Waals surface area contributed by atoms with Crippen molar-refractivity contribution in [2.24, 2.45) is 0 Å².